The van der Waals surface area contributed by atoms with Gasteiger partial charge >= 0.3 is 0 Å². The van der Waals surface area contributed by atoms with Crippen LogP contribution in [0.1, 0.15) is 37.7 Å². The maximum Gasteiger partial charge on any atom is 0.221 e. The fraction of sp³-hybridized carbons (Fsp3) is 0.632. The van der Waals surface area contributed by atoms with E-state index in [9.17, 15) is 4.79 Å². The third-order valence-electron chi connectivity index (χ3n) is 4.90. The van der Waals surface area contributed by atoms with E-state index in [1.54, 1.807) is 0 Å². The van der Waals surface area contributed by atoms with Crippen molar-refractivity contribution in [3.8, 4) is 11.5 Å². The summed E-state index contributed by atoms with van der Waals surface area (Å²) < 4.78 is 11.5. The lowest BCUT2D eigenvalue weighted by Crippen LogP contribution is -2.46. The Morgan fingerprint density at radius 3 is 2.96 bits per heavy atom. The van der Waals surface area contributed by atoms with Gasteiger partial charge in [0.15, 0.2) is 11.5 Å². The van der Waals surface area contributed by atoms with Gasteiger partial charge in [-0.3, -0.25) is 9.69 Å². The van der Waals surface area contributed by atoms with E-state index in [-0.39, 0.29) is 5.91 Å². The average molecular weight is 382 g/mol. The van der Waals surface area contributed by atoms with Crippen molar-refractivity contribution in [2.45, 2.75) is 44.7 Å². The lowest BCUT2D eigenvalue weighted by atomic mass is 10.0. The molecule has 2 aliphatic rings. The number of rotatable bonds is 6. The normalized spacial score (nSPS) is 20.5. The first-order valence-corrected chi connectivity index (χ1v) is 9.84. The summed E-state index contributed by atoms with van der Waals surface area (Å²) in [6.45, 7) is 4.12. The van der Waals surface area contributed by atoms with Crippen LogP contribution < -0.4 is 20.5 Å². The molecule has 1 saturated heterocycles. The van der Waals surface area contributed by atoms with E-state index in [2.05, 4.69) is 10.2 Å². The fourth-order valence-corrected chi connectivity index (χ4v) is 3.85. The number of hydrogen-bond acceptors (Lipinski definition) is 5. The van der Waals surface area contributed by atoms with Crippen molar-refractivity contribution in [3.63, 3.8) is 0 Å². The molecule has 7 heteroatoms. The van der Waals surface area contributed by atoms with Gasteiger partial charge in [-0.15, -0.1) is 0 Å². The average Bonchev–Trinajstić information content (AvgIpc) is 2.87. The zero-order valence-corrected chi connectivity index (χ0v) is 15.9. The van der Waals surface area contributed by atoms with E-state index in [1.165, 1.54) is 12.8 Å². The van der Waals surface area contributed by atoms with Crippen LogP contribution in [0, 0.1) is 0 Å². The van der Waals surface area contributed by atoms with Gasteiger partial charge in [-0.1, -0.05) is 18.0 Å². The topological polar surface area (TPSA) is 76.8 Å². The first kappa shape index (κ1) is 19.3. The Hall–Kier alpha value is -1.50. The monoisotopic (exact) mass is 381 g/mol. The molecule has 3 N–H and O–H groups in total. The summed E-state index contributed by atoms with van der Waals surface area (Å²) in [4.78, 5) is 14.1. The molecular formula is C19H28ClN3O3. The number of nitrogens with one attached hydrogen (secondary N) is 1. The molecule has 1 unspecified atom stereocenters. The number of fused-ring (bicyclic) bond motifs is 1. The van der Waals surface area contributed by atoms with Crippen LogP contribution in [0.5, 0.6) is 11.5 Å². The standard InChI is InChI=1S/C19H28ClN3O3/c20-16-10-14(11-17-19(16)26-9-3-8-25-17)13-23-7-2-1-4-15(23)12-22-18(24)5-6-21/h10-11,15H,1-9,12-13,21H2,(H,22,24). The molecule has 1 aromatic carbocycles. The van der Waals surface area contributed by atoms with Crippen LogP contribution in [0.3, 0.4) is 0 Å². The number of hydrogen-bond donors (Lipinski definition) is 2. The first-order chi connectivity index (χ1) is 12.7. The molecule has 26 heavy (non-hydrogen) atoms. The van der Waals surface area contributed by atoms with Crippen molar-refractivity contribution in [1.29, 1.82) is 0 Å². The Labute approximate surface area is 160 Å². The highest BCUT2D eigenvalue weighted by molar-refractivity contribution is 6.32. The molecule has 0 radical (unpaired) electrons. The molecule has 1 amide bonds. The summed E-state index contributed by atoms with van der Waals surface area (Å²) in [6, 6.07) is 4.33. The predicted octanol–water partition coefficient (Wildman–Crippen LogP) is 2.32. The third-order valence-corrected chi connectivity index (χ3v) is 5.18. The minimum absolute atomic E-state index is 0.0247. The summed E-state index contributed by atoms with van der Waals surface area (Å²) in [5, 5.41) is 3.61. The number of benzene rings is 1. The smallest absolute Gasteiger partial charge is 0.221 e. The second-order valence-corrected chi connectivity index (χ2v) is 7.33. The number of piperidine rings is 1. The molecule has 2 aliphatic heterocycles. The Morgan fingerprint density at radius 1 is 1.27 bits per heavy atom. The van der Waals surface area contributed by atoms with Crippen LogP contribution in [-0.4, -0.2) is 49.7 Å². The van der Waals surface area contributed by atoms with Crippen molar-refractivity contribution >= 4 is 17.5 Å². The summed E-state index contributed by atoms with van der Waals surface area (Å²) >= 11 is 6.42. The van der Waals surface area contributed by atoms with Gasteiger partial charge in [-0.2, -0.15) is 0 Å². The largest absolute Gasteiger partial charge is 0.489 e. The lowest BCUT2D eigenvalue weighted by molar-refractivity contribution is -0.121. The molecule has 6 nitrogen and oxygen atoms in total. The van der Waals surface area contributed by atoms with Crippen LogP contribution in [0.15, 0.2) is 12.1 Å². The highest BCUT2D eigenvalue weighted by Gasteiger charge is 2.24. The number of amides is 1. The van der Waals surface area contributed by atoms with Crippen molar-refractivity contribution in [1.82, 2.24) is 10.2 Å². The number of ether oxygens (including phenoxy) is 2. The maximum atomic E-state index is 11.7. The van der Waals surface area contributed by atoms with Gasteiger partial charge in [0.2, 0.25) is 5.91 Å². The molecule has 0 spiro atoms. The second kappa shape index (κ2) is 9.44. The molecular weight excluding hydrogens is 354 g/mol. The van der Waals surface area contributed by atoms with Gasteiger partial charge in [0, 0.05) is 38.5 Å². The number of likely N-dealkylation sites (tertiary alicyclic amines) is 1. The van der Waals surface area contributed by atoms with Crippen LogP contribution >= 0.6 is 11.6 Å². The van der Waals surface area contributed by atoms with Crippen molar-refractivity contribution in [2.75, 3.05) is 32.8 Å². The minimum Gasteiger partial charge on any atom is -0.489 e. The van der Waals surface area contributed by atoms with E-state index in [0.717, 1.165) is 37.2 Å². The second-order valence-electron chi connectivity index (χ2n) is 6.92. The van der Waals surface area contributed by atoms with Crippen molar-refractivity contribution in [2.24, 2.45) is 5.73 Å². The van der Waals surface area contributed by atoms with Gasteiger partial charge in [-0.05, 0) is 37.1 Å². The number of nitrogens with zero attached hydrogens (tertiary/aromatic N) is 1. The van der Waals surface area contributed by atoms with E-state index >= 15 is 0 Å². The number of nitrogens with two attached hydrogens (primary N) is 1. The summed E-state index contributed by atoms with van der Waals surface area (Å²) in [5.74, 6) is 1.41. The molecule has 0 aliphatic carbocycles. The minimum atomic E-state index is 0.0247. The highest BCUT2D eigenvalue weighted by Crippen LogP contribution is 2.38. The first-order valence-electron chi connectivity index (χ1n) is 9.46. The fourth-order valence-electron chi connectivity index (χ4n) is 3.56. The van der Waals surface area contributed by atoms with Crippen LogP contribution in [-0.2, 0) is 11.3 Å². The number of halogens is 1. The maximum absolute atomic E-state index is 11.7. The van der Waals surface area contributed by atoms with Gasteiger partial charge in [0.25, 0.3) is 0 Å². The molecule has 144 valence electrons. The zero-order chi connectivity index (χ0) is 18.4. The van der Waals surface area contributed by atoms with Crippen molar-refractivity contribution < 1.29 is 14.3 Å². The molecule has 3 rings (SSSR count). The highest BCUT2D eigenvalue weighted by atomic mass is 35.5. The Morgan fingerprint density at radius 2 is 2.12 bits per heavy atom. The Kier molecular flexibility index (Phi) is 7.00. The summed E-state index contributed by atoms with van der Waals surface area (Å²) in [5.41, 5.74) is 6.55. The quantitative estimate of drug-likeness (QED) is 0.790. The lowest BCUT2D eigenvalue weighted by Gasteiger charge is -2.36. The molecule has 0 bridgehead atoms. The Bertz CT molecular complexity index is 626. The van der Waals surface area contributed by atoms with E-state index in [1.807, 2.05) is 12.1 Å². The molecule has 0 saturated carbocycles. The van der Waals surface area contributed by atoms with E-state index < -0.39 is 0 Å². The number of carbonyl (C=O) groups excluding carboxylic acids is 1. The van der Waals surface area contributed by atoms with Gasteiger partial charge in [-0.25, -0.2) is 0 Å². The van der Waals surface area contributed by atoms with Crippen LogP contribution in [0.4, 0.5) is 0 Å². The summed E-state index contributed by atoms with van der Waals surface area (Å²) in [7, 11) is 0. The van der Waals surface area contributed by atoms with E-state index in [4.69, 9.17) is 26.8 Å². The molecule has 2 heterocycles. The molecule has 0 aromatic heterocycles. The van der Waals surface area contributed by atoms with Gasteiger partial charge in [0.1, 0.15) is 0 Å². The zero-order valence-electron chi connectivity index (χ0n) is 15.1. The predicted molar refractivity (Wildman–Crippen MR) is 102 cm³/mol. The van der Waals surface area contributed by atoms with Crippen LogP contribution in [0.25, 0.3) is 0 Å². The van der Waals surface area contributed by atoms with Crippen LogP contribution in [0.2, 0.25) is 5.02 Å². The summed E-state index contributed by atoms with van der Waals surface area (Å²) in [6.07, 6.45) is 4.68. The van der Waals surface area contributed by atoms with Crippen molar-refractivity contribution in [3.05, 3.63) is 22.7 Å². The molecule has 1 aromatic rings. The third kappa shape index (κ3) is 5.02. The molecule has 1 fully saturated rings. The van der Waals surface area contributed by atoms with E-state index in [0.29, 0.717) is 49.5 Å². The van der Waals surface area contributed by atoms with Gasteiger partial charge in [0.05, 0.1) is 18.2 Å². The molecule has 1 atom stereocenters. The number of carbonyl (C=O) groups is 1. The SMILES string of the molecule is NCCC(=O)NCC1CCCCN1Cc1cc(Cl)c2c(c1)OCCCO2. The van der Waals surface area contributed by atoms with Gasteiger partial charge < -0.3 is 20.5 Å². The Balaban J connectivity index is 1.66.